The van der Waals surface area contributed by atoms with Gasteiger partial charge in [-0.05, 0) is 18.6 Å². The topological polar surface area (TPSA) is 85.1 Å². The van der Waals surface area contributed by atoms with Gasteiger partial charge >= 0.3 is 0 Å². The molecule has 0 unspecified atom stereocenters. The molecule has 0 spiro atoms. The third-order valence-electron chi connectivity index (χ3n) is 3.87. The number of nitrogens with zero attached hydrogens (tertiary/aromatic N) is 1. The van der Waals surface area contributed by atoms with Gasteiger partial charge in [0.25, 0.3) is 5.91 Å². The summed E-state index contributed by atoms with van der Waals surface area (Å²) in [5, 5.41) is 3.64. The number of aromatic nitrogens is 1. The van der Waals surface area contributed by atoms with Crippen LogP contribution in [0.3, 0.4) is 0 Å². The van der Waals surface area contributed by atoms with Crippen LogP contribution >= 0.6 is 0 Å². The van der Waals surface area contributed by atoms with Crippen LogP contribution < -0.4 is 11.1 Å². The Balaban J connectivity index is 2.10. The number of primary amides is 1. The Morgan fingerprint density at radius 1 is 1.17 bits per heavy atom. The Morgan fingerprint density at radius 3 is 2.70 bits per heavy atom. The minimum Gasteiger partial charge on any atom is -0.368 e. The van der Waals surface area contributed by atoms with Crippen molar-refractivity contribution in [2.24, 2.45) is 5.73 Å². The minimum atomic E-state index is -0.640. The van der Waals surface area contributed by atoms with Crippen LogP contribution in [0.5, 0.6) is 0 Å². The number of unbranched alkanes of at least 4 members (excludes halogenated alkanes) is 3. The zero-order chi connectivity index (χ0) is 16.7. The van der Waals surface area contributed by atoms with Gasteiger partial charge in [-0.2, -0.15) is 0 Å². The van der Waals surface area contributed by atoms with Crippen LogP contribution in [0.1, 0.15) is 49.4 Å². The van der Waals surface area contributed by atoms with Gasteiger partial charge in [0.05, 0.1) is 11.1 Å². The number of hydrogen-bond acceptors (Lipinski definition) is 3. The molecule has 0 aliphatic carbocycles. The van der Waals surface area contributed by atoms with Crippen LogP contribution in [0.25, 0.3) is 10.9 Å². The molecule has 5 heteroatoms. The highest BCUT2D eigenvalue weighted by Gasteiger charge is 2.20. The number of fused-ring (bicyclic) bond motifs is 1. The van der Waals surface area contributed by atoms with E-state index in [1.165, 1.54) is 0 Å². The van der Waals surface area contributed by atoms with E-state index < -0.39 is 11.9 Å². The Kier molecular flexibility index (Phi) is 6.09. The van der Waals surface area contributed by atoms with Gasteiger partial charge < -0.3 is 11.1 Å². The number of pyridine rings is 1. The van der Waals surface area contributed by atoms with Gasteiger partial charge in [0.15, 0.2) is 0 Å². The number of benzene rings is 1. The van der Waals surface area contributed by atoms with Crippen molar-refractivity contribution >= 4 is 22.7 Å². The number of para-hydroxylation sites is 1. The number of carbonyl (C=O) groups excluding carboxylic acids is 2. The van der Waals surface area contributed by atoms with Crippen molar-refractivity contribution < 1.29 is 9.59 Å². The van der Waals surface area contributed by atoms with E-state index in [1.807, 2.05) is 18.2 Å². The van der Waals surface area contributed by atoms with Gasteiger partial charge in [-0.25, -0.2) is 0 Å². The second kappa shape index (κ2) is 8.27. The average Bonchev–Trinajstić information content (AvgIpc) is 2.56. The average molecular weight is 313 g/mol. The monoisotopic (exact) mass is 313 g/mol. The number of amides is 2. The van der Waals surface area contributed by atoms with Crippen molar-refractivity contribution in [3.63, 3.8) is 0 Å². The van der Waals surface area contributed by atoms with E-state index in [1.54, 1.807) is 18.3 Å². The summed E-state index contributed by atoms with van der Waals surface area (Å²) in [7, 11) is 0. The van der Waals surface area contributed by atoms with E-state index in [9.17, 15) is 9.59 Å². The van der Waals surface area contributed by atoms with Gasteiger partial charge in [0.2, 0.25) is 5.91 Å². The first kappa shape index (κ1) is 16.9. The summed E-state index contributed by atoms with van der Waals surface area (Å²) in [5.74, 6) is -0.809. The summed E-state index contributed by atoms with van der Waals surface area (Å²) in [5.41, 5.74) is 6.51. The molecule has 1 heterocycles. The van der Waals surface area contributed by atoms with Crippen LogP contribution in [0.15, 0.2) is 36.5 Å². The third-order valence-corrected chi connectivity index (χ3v) is 3.87. The molecule has 0 saturated heterocycles. The lowest BCUT2D eigenvalue weighted by Crippen LogP contribution is -2.44. The van der Waals surface area contributed by atoms with E-state index in [4.69, 9.17) is 5.73 Å². The molecule has 5 nitrogen and oxygen atoms in total. The lowest BCUT2D eigenvalue weighted by molar-refractivity contribution is -0.120. The fraction of sp³-hybridized carbons (Fsp3) is 0.389. The Hall–Kier alpha value is -2.43. The van der Waals surface area contributed by atoms with Crippen molar-refractivity contribution in [2.75, 3.05) is 0 Å². The van der Waals surface area contributed by atoms with Gasteiger partial charge in [0, 0.05) is 11.6 Å². The number of carbonyl (C=O) groups is 2. The van der Waals surface area contributed by atoms with E-state index in [-0.39, 0.29) is 5.91 Å². The third kappa shape index (κ3) is 4.52. The molecule has 2 amide bonds. The van der Waals surface area contributed by atoms with Crippen LogP contribution in [0.4, 0.5) is 0 Å². The molecule has 1 aromatic carbocycles. The van der Waals surface area contributed by atoms with Crippen LogP contribution in [0, 0.1) is 0 Å². The Morgan fingerprint density at radius 2 is 1.96 bits per heavy atom. The first-order valence-corrected chi connectivity index (χ1v) is 8.07. The molecule has 0 fully saturated rings. The SMILES string of the molecule is CCCCCC[C@H](NC(=O)c1cccc2cccnc12)C(N)=O. The first-order valence-electron chi connectivity index (χ1n) is 8.07. The van der Waals surface area contributed by atoms with Crippen molar-refractivity contribution in [3.8, 4) is 0 Å². The van der Waals surface area contributed by atoms with Crippen molar-refractivity contribution in [1.82, 2.24) is 10.3 Å². The van der Waals surface area contributed by atoms with Crippen molar-refractivity contribution in [3.05, 3.63) is 42.1 Å². The Bertz CT molecular complexity index is 680. The fourth-order valence-corrected chi connectivity index (χ4v) is 2.58. The van der Waals surface area contributed by atoms with E-state index in [2.05, 4.69) is 17.2 Å². The number of nitrogens with two attached hydrogens (primary N) is 1. The van der Waals surface area contributed by atoms with Gasteiger partial charge in [-0.15, -0.1) is 0 Å². The molecular weight excluding hydrogens is 290 g/mol. The second-order valence-corrected chi connectivity index (χ2v) is 5.66. The summed E-state index contributed by atoms with van der Waals surface area (Å²) in [6.07, 6.45) is 6.36. The maximum absolute atomic E-state index is 12.5. The van der Waals surface area contributed by atoms with E-state index in [0.717, 1.165) is 31.1 Å². The standard InChI is InChI=1S/C18H23N3O2/c1-2-3-4-5-11-15(17(19)22)21-18(23)14-10-6-8-13-9-7-12-20-16(13)14/h6-10,12,15H,2-5,11H2,1H3,(H2,19,22)(H,21,23)/t15-/m0/s1. The summed E-state index contributed by atoms with van der Waals surface area (Å²) >= 11 is 0. The zero-order valence-corrected chi connectivity index (χ0v) is 13.4. The fourth-order valence-electron chi connectivity index (χ4n) is 2.58. The zero-order valence-electron chi connectivity index (χ0n) is 13.4. The molecule has 122 valence electrons. The highest BCUT2D eigenvalue weighted by molar-refractivity contribution is 6.06. The predicted molar refractivity (Wildman–Crippen MR) is 91.0 cm³/mol. The molecule has 0 aliphatic rings. The first-order chi connectivity index (χ1) is 11.1. The number of nitrogens with one attached hydrogen (secondary N) is 1. The van der Waals surface area contributed by atoms with E-state index >= 15 is 0 Å². The number of hydrogen-bond donors (Lipinski definition) is 2. The maximum atomic E-state index is 12.5. The highest BCUT2D eigenvalue weighted by Crippen LogP contribution is 2.16. The second-order valence-electron chi connectivity index (χ2n) is 5.66. The molecule has 0 bridgehead atoms. The van der Waals surface area contributed by atoms with Crippen molar-refractivity contribution in [2.45, 2.75) is 45.1 Å². The molecule has 2 rings (SSSR count). The quantitative estimate of drug-likeness (QED) is 0.735. The molecule has 1 aromatic heterocycles. The highest BCUT2D eigenvalue weighted by atomic mass is 16.2. The molecule has 1 atom stereocenters. The lowest BCUT2D eigenvalue weighted by atomic mass is 10.1. The molecule has 2 aromatic rings. The molecule has 0 radical (unpaired) electrons. The van der Waals surface area contributed by atoms with Gasteiger partial charge in [0.1, 0.15) is 6.04 Å². The van der Waals surface area contributed by atoms with Crippen LogP contribution in [-0.4, -0.2) is 22.8 Å². The van der Waals surface area contributed by atoms with Crippen LogP contribution in [-0.2, 0) is 4.79 Å². The summed E-state index contributed by atoms with van der Waals surface area (Å²) in [6.45, 7) is 2.13. The van der Waals surface area contributed by atoms with Crippen LogP contribution in [0.2, 0.25) is 0 Å². The molecule has 0 saturated carbocycles. The summed E-state index contributed by atoms with van der Waals surface area (Å²) < 4.78 is 0. The predicted octanol–water partition coefficient (Wildman–Crippen LogP) is 2.79. The summed E-state index contributed by atoms with van der Waals surface area (Å²) in [4.78, 5) is 28.4. The number of rotatable bonds is 8. The normalized spacial score (nSPS) is 12.0. The van der Waals surface area contributed by atoms with E-state index in [0.29, 0.717) is 17.5 Å². The largest absolute Gasteiger partial charge is 0.368 e. The summed E-state index contributed by atoms with van der Waals surface area (Å²) in [6, 6.07) is 8.49. The molecule has 3 N–H and O–H groups in total. The van der Waals surface area contributed by atoms with Gasteiger partial charge in [-0.3, -0.25) is 14.6 Å². The smallest absolute Gasteiger partial charge is 0.254 e. The Labute approximate surface area is 136 Å². The maximum Gasteiger partial charge on any atom is 0.254 e. The van der Waals surface area contributed by atoms with Crippen molar-refractivity contribution in [1.29, 1.82) is 0 Å². The minimum absolute atomic E-state index is 0.311. The van der Waals surface area contributed by atoms with Gasteiger partial charge in [-0.1, -0.05) is 50.8 Å². The molecular formula is C18H23N3O2. The molecule has 23 heavy (non-hydrogen) atoms. The lowest BCUT2D eigenvalue weighted by Gasteiger charge is -2.16. The molecule has 0 aliphatic heterocycles.